The molecule has 1 heterocycles. The Labute approximate surface area is 163 Å². The van der Waals surface area contributed by atoms with Crippen molar-refractivity contribution in [1.29, 1.82) is 0 Å². The molecule has 0 saturated heterocycles. The maximum Gasteiger partial charge on any atom is 0.233 e. The van der Waals surface area contributed by atoms with Gasteiger partial charge in [0.05, 0.1) is 17.1 Å². The Morgan fingerprint density at radius 1 is 1.14 bits per heavy atom. The molecule has 0 fully saturated rings. The van der Waals surface area contributed by atoms with Gasteiger partial charge in [-0.3, -0.25) is 4.79 Å². The van der Waals surface area contributed by atoms with Crippen molar-refractivity contribution in [2.45, 2.75) is 19.4 Å². The first-order valence-electron chi connectivity index (χ1n) is 8.90. The van der Waals surface area contributed by atoms with Crippen LogP contribution in [0.5, 0.6) is 0 Å². The number of aromatic nitrogens is 2. The van der Waals surface area contributed by atoms with Crippen LogP contribution in [0.3, 0.4) is 0 Å². The normalized spacial score (nSPS) is 13.0. The lowest BCUT2D eigenvalue weighted by molar-refractivity contribution is -0.121. The molecule has 0 bridgehead atoms. The number of hydrogen-bond donors (Lipinski definition) is 3. The lowest BCUT2D eigenvalue weighted by Crippen LogP contribution is -2.31. The minimum absolute atomic E-state index is 0.0140. The highest BCUT2D eigenvalue weighted by Crippen LogP contribution is 2.15. The summed E-state index contributed by atoms with van der Waals surface area (Å²) in [6.45, 7) is 1.84. The molecule has 146 valence electrons. The summed E-state index contributed by atoms with van der Waals surface area (Å²) >= 11 is 0. The molecule has 28 heavy (non-hydrogen) atoms. The fourth-order valence-electron chi connectivity index (χ4n) is 2.65. The van der Waals surface area contributed by atoms with Gasteiger partial charge in [0.15, 0.2) is 0 Å². The molecule has 1 amide bonds. The van der Waals surface area contributed by atoms with Crippen LogP contribution in [0.1, 0.15) is 30.8 Å². The number of carbonyl (C=O) groups is 1. The van der Waals surface area contributed by atoms with E-state index in [2.05, 4.69) is 20.0 Å². The SMILES string of the molecule is C[C@H](NC(=O)CCNS(=O)(=O)/C=C/c1ccccc1)c1nc2ccccc2[nH]1. The zero-order valence-corrected chi connectivity index (χ0v) is 16.2. The molecule has 0 aliphatic rings. The van der Waals surface area contributed by atoms with E-state index in [0.717, 1.165) is 22.0 Å². The number of carbonyl (C=O) groups excluding carboxylic acids is 1. The van der Waals surface area contributed by atoms with Crippen LogP contribution in [0.15, 0.2) is 60.0 Å². The standard InChI is InChI=1S/C20H22N4O3S/c1-15(20-23-17-9-5-6-10-18(17)24-20)22-19(25)11-13-21-28(26,27)14-12-16-7-3-2-4-8-16/h2-10,12,14-15,21H,11,13H2,1H3,(H,22,25)(H,23,24)/b14-12+/t15-/m0/s1. The molecule has 1 atom stereocenters. The molecule has 0 spiro atoms. The molecule has 0 aliphatic carbocycles. The minimum Gasteiger partial charge on any atom is -0.346 e. The lowest BCUT2D eigenvalue weighted by Gasteiger charge is -2.11. The van der Waals surface area contributed by atoms with E-state index < -0.39 is 10.0 Å². The maximum absolute atomic E-state index is 12.1. The third-order valence-corrected chi connectivity index (χ3v) is 5.19. The lowest BCUT2D eigenvalue weighted by atomic mass is 10.2. The summed E-state index contributed by atoms with van der Waals surface area (Å²) in [4.78, 5) is 19.7. The number of H-pyrrole nitrogens is 1. The molecule has 3 N–H and O–H groups in total. The molecule has 0 aliphatic heterocycles. The molecule has 3 rings (SSSR count). The average Bonchev–Trinajstić information content (AvgIpc) is 3.11. The second kappa shape index (κ2) is 8.81. The number of aromatic amines is 1. The van der Waals surface area contributed by atoms with Crippen LogP contribution in [0.25, 0.3) is 17.1 Å². The predicted octanol–water partition coefficient (Wildman–Crippen LogP) is 2.72. The summed E-state index contributed by atoms with van der Waals surface area (Å²) in [5.74, 6) is 0.392. The van der Waals surface area contributed by atoms with Crippen LogP contribution in [0.4, 0.5) is 0 Å². The van der Waals surface area contributed by atoms with E-state index in [4.69, 9.17) is 0 Å². The number of imidazole rings is 1. The van der Waals surface area contributed by atoms with Crippen molar-refractivity contribution in [1.82, 2.24) is 20.0 Å². The van der Waals surface area contributed by atoms with Crippen molar-refractivity contribution >= 4 is 33.0 Å². The van der Waals surface area contributed by atoms with Crippen molar-refractivity contribution in [2.75, 3.05) is 6.54 Å². The van der Waals surface area contributed by atoms with Gasteiger partial charge in [0.2, 0.25) is 15.9 Å². The van der Waals surface area contributed by atoms with Crippen LogP contribution in [-0.4, -0.2) is 30.8 Å². The summed E-state index contributed by atoms with van der Waals surface area (Å²) in [5, 5.41) is 3.91. The second-order valence-electron chi connectivity index (χ2n) is 6.33. The first-order valence-corrected chi connectivity index (χ1v) is 10.4. The van der Waals surface area contributed by atoms with Gasteiger partial charge in [-0.25, -0.2) is 18.1 Å². The summed E-state index contributed by atoms with van der Waals surface area (Å²) in [7, 11) is -3.60. The summed E-state index contributed by atoms with van der Waals surface area (Å²) in [6, 6.07) is 16.4. The highest BCUT2D eigenvalue weighted by molar-refractivity contribution is 7.92. The first-order chi connectivity index (χ1) is 13.4. The van der Waals surface area contributed by atoms with Crippen molar-refractivity contribution in [3.05, 3.63) is 71.4 Å². The van der Waals surface area contributed by atoms with E-state index in [9.17, 15) is 13.2 Å². The third-order valence-electron chi connectivity index (χ3n) is 4.09. The van der Waals surface area contributed by atoms with Gasteiger partial charge in [-0.2, -0.15) is 0 Å². The second-order valence-corrected chi connectivity index (χ2v) is 7.98. The molecule has 0 radical (unpaired) electrons. The monoisotopic (exact) mass is 398 g/mol. The highest BCUT2D eigenvalue weighted by atomic mass is 32.2. The Morgan fingerprint density at radius 3 is 2.61 bits per heavy atom. The van der Waals surface area contributed by atoms with Gasteiger partial charge < -0.3 is 10.3 Å². The smallest absolute Gasteiger partial charge is 0.233 e. The van der Waals surface area contributed by atoms with E-state index in [0.29, 0.717) is 5.82 Å². The summed E-state index contributed by atoms with van der Waals surface area (Å²) in [6.07, 6.45) is 1.54. The third kappa shape index (κ3) is 5.51. The fourth-order valence-corrected chi connectivity index (χ4v) is 3.47. The van der Waals surface area contributed by atoms with E-state index in [1.165, 1.54) is 6.08 Å². The van der Waals surface area contributed by atoms with Gasteiger partial charge in [-0.15, -0.1) is 0 Å². The molecule has 3 aromatic rings. The number of rotatable bonds is 8. The van der Waals surface area contributed by atoms with Crippen LogP contribution in [0, 0.1) is 0 Å². The number of sulfonamides is 1. The van der Waals surface area contributed by atoms with Gasteiger partial charge in [-0.05, 0) is 30.7 Å². The topological polar surface area (TPSA) is 104 Å². The Morgan fingerprint density at radius 2 is 1.86 bits per heavy atom. The zero-order valence-electron chi connectivity index (χ0n) is 15.4. The van der Waals surface area contributed by atoms with Crippen molar-refractivity contribution < 1.29 is 13.2 Å². The molecular weight excluding hydrogens is 376 g/mol. The fraction of sp³-hybridized carbons (Fsp3) is 0.200. The number of nitrogens with zero attached hydrogens (tertiary/aromatic N) is 1. The predicted molar refractivity (Wildman–Crippen MR) is 110 cm³/mol. The van der Waals surface area contributed by atoms with Crippen molar-refractivity contribution in [3.63, 3.8) is 0 Å². The average molecular weight is 398 g/mol. The Bertz CT molecular complexity index is 1040. The van der Waals surface area contributed by atoms with E-state index in [-0.39, 0.29) is 24.9 Å². The number of para-hydroxylation sites is 2. The van der Waals surface area contributed by atoms with E-state index in [1.54, 1.807) is 12.1 Å². The number of nitrogens with one attached hydrogen (secondary N) is 3. The molecule has 2 aromatic carbocycles. The first kappa shape index (κ1) is 19.8. The van der Waals surface area contributed by atoms with Crippen LogP contribution in [-0.2, 0) is 14.8 Å². The number of fused-ring (bicyclic) bond motifs is 1. The molecule has 1 aromatic heterocycles. The minimum atomic E-state index is -3.60. The Kier molecular flexibility index (Phi) is 6.23. The van der Waals surface area contributed by atoms with Crippen LogP contribution >= 0.6 is 0 Å². The quantitative estimate of drug-likeness (QED) is 0.543. The van der Waals surface area contributed by atoms with E-state index in [1.807, 2.05) is 49.4 Å². The van der Waals surface area contributed by atoms with Gasteiger partial charge in [0, 0.05) is 18.4 Å². The number of amides is 1. The number of hydrogen-bond acceptors (Lipinski definition) is 4. The van der Waals surface area contributed by atoms with Gasteiger partial charge in [-0.1, -0.05) is 42.5 Å². The van der Waals surface area contributed by atoms with Crippen molar-refractivity contribution in [2.24, 2.45) is 0 Å². The van der Waals surface area contributed by atoms with Crippen LogP contribution < -0.4 is 10.0 Å². The number of benzene rings is 2. The van der Waals surface area contributed by atoms with Crippen LogP contribution in [0.2, 0.25) is 0 Å². The van der Waals surface area contributed by atoms with Gasteiger partial charge >= 0.3 is 0 Å². The highest BCUT2D eigenvalue weighted by Gasteiger charge is 2.14. The largest absolute Gasteiger partial charge is 0.346 e. The molecule has 0 saturated carbocycles. The van der Waals surface area contributed by atoms with Gasteiger partial charge in [0.25, 0.3) is 0 Å². The van der Waals surface area contributed by atoms with E-state index >= 15 is 0 Å². The van der Waals surface area contributed by atoms with Gasteiger partial charge in [0.1, 0.15) is 5.82 Å². The Balaban J connectivity index is 1.47. The molecule has 0 unspecified atom stereocenters. The molecule has 7 nitrogen and oxygen atoms in total. The summed E-state index contributed by atoms with van der Waals surface area (Å²) < 4.78 is 26.4. The zero-order chi connectivity index (χ0) is 20.0. The summed E-state index contributed by atoms with van der Waals surface area (Å²) in [5.41, 5.74) is 2.51. The molecular formula is C20H22N4O3S. The molecule has 8 heteroatoms. The van der Waals surface area contributed by atoms with Crippen molar-refractivity contribution in [3.8, 4) is 0 Å². The maximum atomic E-state index is 12.1. The Hall–Kier alpha value is -2.97.